The van der Waals surface area contributed by atoms with Gasteiger partial charge in [-0.1, -0.05) is 17.7 Å². The number of rotatable bonds is 5. The van der Waals surface area contributed by atoms with Gasteiger partial charge in [0.15, 0.2) is 0 Å². The van der Waals surface area contributed by atoms with E-state index in [4.69, 9.17) is 4.74 Å². The number of amides is 1. The second-order valence-electron chi connectivity index (χ2n) is 7.24. The lowest BCUT2D eigenvalue weighted by molar-refractivity contribution is 0.0697. The molecule has 0 unspecified atom stereocenters. The maximum Gasteiger partial charge on any atom is 0.255 e. The summed E-state index contributed by atoms with van der Waals surface area (Å²) < 4.78 is 33.1. The van der Waals surface area contributed by atoms with Crippen molar-refractivity contribution in [2.45, 2.75) is 32.6 Å². The fourth-order valence-corrected chi connectivity index (χ4v) is 5.59. The van der Waals surface area contributed by atoms with Gasteiger partial charge in [-0.15, -0.1) is 0 Å². The van der Waals surface area contributed by atoms with E-state index in [-0.39, 0.29) is 19.0 Å². The number of nitrogens with zero attached hydrogens (tertiary/aromatic N) is 3. The smallest absolute Gasteiger partial charge is 0.255 e. The van der Waals surface area contributed by atoms with Gasteiger partial charge in [0, 0.05) is 38.4 Å². The predicted molar refractivity (Wildman–Crippen MR) is 111 cm³/mol. The summed E-state index contributed by atoms with van der Waals surface area (Å²) in [6.07, 6.45) is 1.50. The summed E-state index contributed by atoms with van der Waals surface area (Å²) in [5, 5.41) is 0. The Balaban J connectivity index is 1.70. The molecule has 1 aromatic carbocycles. The third kappa shape index (κ3) is 4.43. The van der Waals surface area contributed by atoms with Crippen LogP contribution in [0.3, 0.4) is 0 Å². The molecule has 2 heterocycles. The lowest BCUT2D eigenvalue weighted by Crippen LogP contribution is -2.50. The van der Waals surface area contributed by atoms with E-state index in [1.165, 1.54) is 10.5 Å². The monoisotopic (exact) mass is 417 g/mol. The molecule has 1 amide bonds. The van der Waals surface area contributed by atoms with E-state index >= 15 is 0 Å². The van der Waals surface area contributed by atoms with Gasteiger partial charge in [0.05, 0.1) is 17.1 Å². The quantitative estimate of drug-likeness (QED) is 0.747. The van der Waals surface area contributed by atoms with Gasteiger partial charge in [-0.3, -0.25) is 4.79 Å². The molecule has 29 heavy (non-hydrogen) atoms. The van der Waals surface area contributed by atoms with E-state index in [1.54, 1.807) is 17.0 Å². The van der Waals surface area contributed by atoms with Crippen molar-refractivity contribution >= 4 is 15.9 Å². The van der Waals surface area contributed by atoms with Crippen LogP contribution in [-0.4, -0.2) is 61.3 Å². The molecule has 0 aliphatic carbocycles. The molecule has 0 atom stereocenters. The summed E-state index contributed by atoms with van der Waals surface area (Å²) in [4.78, 5) is 18.9. The third-order valence-electron chi connectivity index (χ3n) is 5.00. The standard InChI is InChI=1S/C21H27N3O4S/c1-5-28-19-7-6-18(14-22-19)21(25)23-8-10-24(11-9-23)29(26,27)20-16(3)12-15(2)13-17(20)4/h6-7,12-14H,5,8-11H2,1-4H3. The van der Waals surface area contributed by atoms with Crippen LogP contribution >= 0.6 is 0 Å². The Bertz CT molecular complexity index is 972. The summed E-state index contributed by atoms with van der Waals surface area (Å²) in [7, 11) is -3.60. The van der Waals surface area contributed by atoms with Crippen molar-refractivity contribution in [1.29, 1.82) is 0 Å². The maximum atomic E-state index is 13.2. The Morgan fingerprint density at radius 2 is 1.69 bits per heavy atom. The first-order chi connectivity index (χ1) is 13.7. The largest absolute Gasteiger partial charge is 0.478 e. The normalized spacial score (nSPS) is 15.4. The van der Waals surface area contributed by atoms with Gasteiger partial charge in [0.25, 0.3) is 5.91 Å². The molecular formula is C21H27N3O4S. The second-order valence-corrected chi connectivity index (χ2v) is 9.12. The number of pyridine rings is 1. The van der Waals surface area contributed by atoms with Crippen LogP contribution in [0.5, 0.6) is 5.88 Å². The van der Waals surface area contributed by atoms with E-state index < -0.39 is 10.0 Å². The highest BCUT2D eigenvalue weighted by Gasteiger charge is 2.32. The lowest BCUT2D eigenvalue weighted by atomic mass is 10.1. The van der Waals surface area contributed by atoms with E-state index in [1.807, 2.05) is 39.8 Å². The molecule has 0 spiro atoms. The van der Waals surface area contributed by atoms with Crippen molar-refractivity contribution in [2.75, 3.05) is 32.8 Å². The SMILES string of the molecule is CCOc1ccc(C(=O)N2CCN(S(=O)(=O)c3c(C)cc(C)cc3C)CC2)cn1. The number of sulfonamides is 1. The van der Waals surface area contributed by atoms with Crippen LogP contribution in [0.2, 0.25) is 0 Å². The third-order valence-corrected chi connectivity index (χ3v) is 7.21. The van der Waals surface area contributed by atoms with Crippen molar-refractivity contribution in [2.24, 2.45) is 0 Å². The van der Waals surface area contributed by atoms with Crippen LogP contribution in [0, 0.1) is 20.8 Å². The van der Waals surface area contributed by atoms with Gasteiger partial charge in [0.1, 0.15) is 0 Å². The molecule has 1 saturated heterocycles. The van der Waals surface area contributed by atoms with Crippen molar-refractivity contribution in [3.05, 3.63) is 52.7 Å². The number of carbonyl (C=O) groups excluding carboxylic acids is 1. The van der Waals surface area contributed by atoms with Gasteiger partial charge in [-0.05, 0) is 44.9 Å². The van der Waals surface area contributed by atoms with Crippen LogP contribution < -0.4 is 4.74 Å². The first kappa shape index (κ1) is 21.3. The molecule has 0 saturated carbocycles. The summed E-state index contributed by atoms with van der Waals surface area (Å²) in [6, 6.07) is 7.13. The fraction of sp³-hybridized carbons (Fsp3) is 0.429. The van der Waals surface area contributed by atoms with Crippen molar-refractivity contribution < 1.29 is 17.9 Å². The van der Waals surface area contributed by atoms with E-state index in [9.17, 15) is 13.2 Å². The summed E-state index contributed by atoms with van der Waals surface area (Å²) in [6.45, 7) is 9.21. The average Bonchev–Trinajstić information content (AvgIpc) is 2.67. The molecule has 2 aromatic rings. The molecule has 8 heteroatoms. The Morgan fingerprint density at radius 1 is 1.07 bits per heavy atom. The van der Waals surface area contributed by atoms with Crippen molar-refractivity contribution in [3.63, 3.8) is 0 Å². The Kier molecular flexibility index (Phi) is 6.24. The van der Waals surface area contributed by atoms with Gasteiger partial charge in [-0.2, -0.15) is 4.31 Å². The Morgan fingerprint density at radius 3 is 2.21 bits per heavy atom. The maximum absolute atomic E-state index is 13.2. The predicted octanol–water partition coefficient (Wildman–Crippen LogP) is 2.55. The zero-order chi connectivity index (χ0) is 21.2. The number of ether oxygens (including phenoxy) is 1. The topological polar surface area (TPSA) is 79.8 Å². The summed E-state index contributed by atoms with van der Waals surface area (Å²) in [5.41, 5.74) is 3.01. The molecule has 1 aromatic heterocycles. The van der Waals surface area contributed by atoms with Crippen molar-refractivity contribution in [1.82, 2.24) is 14.2 Å². The highest BCUT2D eigenvalue weighted by Crippen LogP contribution is 2.26. The van der Waals surface area contributed by atoms with Crippen molar-refractivity contribution in [3.8, 4) is 5.88 Å². The highest BCUT2D eigenvalue weighted by molar-refractivity contribution is 7.89. The zero-order valence-electron chi connectivity index (χ0n) is 17.3. The molecule has 0 N–H and O–H groups in total. The van der Waals surface area contributed by atoms with E-state index in [0.29, 0.717) is 36.0 Å². The molecular weight excluding hydrogens is 390 g/mol. The second kappa shape index (κ2) is 8.51. The summed E-state index contributed by atoms with van der Waals surface area (Å²) in [5.74, 6) is 0.323. The Hall–Kier alpha value is -2.45. The minimum atomic E-state index is -3.60. The molecule has 156 valence electrons. The van der Waals surface area contributed by atoms with Crippen LogP contribution in [0.1, 0.15) is 34.0 Å². The number of hydrogen-bond acceptors (Lipinski definition) is 5. The lowest BCUT2D eigenvalue weighted by Gasteiger charge is -2.34. The molecule has 3 rings (SSSR count). The van der Waals surface area contributed by atoms with Crippen LogP contribution in [0.4, 0.5) is 0 Å². The van der Waals surface area contributed by atoms with Gasteiger partial charge in [0.2, 0.25) is 15.9 Å². The first-order valence-corrected chi connectivity index (χ1v) is 11.1. The number of hydrogen-bond donors (Lipinski definition) is 0. The van der Waals surface area contributed by atoms with Crippen LogP contribution in [0.15, 0.2) is 35.4 Å². The first-order valence-electron chi connectivity index (χ1n) is 9.70. The van der Waals surface area contributed by atoms with Gasteiger partial charge >= 0.3 is 0 Å². The van der Waals surface area contributed by atoms with Gasteiger partial charge in [-0.25, -0.2) is 13.4 Å². The van der Waals surface area contributed by atoms with Crippen LogP contribution in [-0.2, 0) is 10.0 Å². The number of carbonyl (C=O) groups is 1. The van der Waals surface area contributed by atoms with Gasteiger partial charge < -0.3 is 9.64 Å². The molecule has 1 fully saturated rings. The number of aryl methyl sites for hydroxylation is 3. The molecule has 1 aliphatic heterocycles. The minimum Gasteiger partial charge on any atom is -0.478 e. The van der Waals surface area contributed by atoms with E-state index in [2.05, 4.69) is 4.98 Å². The Labute approximate surface area is 172 Å². The van der Waals surface area contributed by atoms with E-state index in [0.717, 1.165) is 16.7 Å². The number of piperazine rings is 1. The summed E-state index contributed by atoms with van der Waals surface area (Å²) >= 11 is 0. The molecule has 0 radical (unpaired) electrons. The average molecular weight is 418 g/mol. The highest BCUT2D eigenvalue weighted by atomic mass is 32.2. The van der Waals surface area contributed by atoms with Crippen LogP contribution in [0.25, 0.3) is 0 Å². The number of benzene rings is 1. The fourth-order valence-electron chi connectivity index (χ4n) is 3.76. The number of aromatic nitrogens is 1. The zero-order valence-corrected chi connectivity index (χ0v) is 18.1. The minimum absolute atomic E-state index is 0.153. The molecule has 0 bridgehead atoms. The molecule has 1 aliphatic rings. The molecule has 7 nitrogen and oxygen atoms in total.